The Morgan fingerprint density at radius 3 is 2.30 bits per heavy atom. The molecule has 0 saturated heterocycles. The molecule has 2 amide bonds. The van der Waals surface area contributed by atoms with Crippen molar-refractivity contribution in [2.24, 2.45) is 0 Å². The Hall–Kier alpha value is -2.54. The van der Waals surface area contributed by atoms with Crippen LogP contribution in [0.4, 0.5) is 0 Å². The molecule has 0 heterocycles. The van der Waals surface area contributed by atoms with Gasteiger partial charge in [-0.2, -0.15) is 0 Å². The lowest BCUT2D eigenvalue weighted by Crippen LogP contribution is -2.55. The van der Waals surface area contributed by atoms with E-state index in [0.717, 1.165) is 21.2 Å². The van der Waals surface area contributed by atoms with Gasteiger partial charge in [0, 0.05) is 23.0 Å². The maximum Gasteiger partial charge on any atom is 0.261 e. The number of amides is 2. The molecule has 0 aliphatic heterocycles. The number of hydrogen-bond acceptors (Lipinski definition) is 3. The number of nitrogens with one attached hydrogen (secondary N) is 1. The largest absolute Gasteiger partial charge is 0.484 e. The van der Waals surface area contributed by atoms with Crippen molar-refractivity contribution in [3.8, 4) is 5.75 Å². The Balaban J connectivity index is 1.95. The second kappa shape index (κ2) is 12.8. The van der Waals surface area contributed by atoms with Crippen LogP contribution in [0.2, 0.25) is 10.0 Å². The summed E-state index contributed by atoms with van der Waals surface area (Å²) in [7, 11) is 0. The van der Waals surface area contributed by atoms with E-state index >= 15 is 0 Å². The summed E-state index contributed by atoms with van der Waals surface area (Å²) in [5.41, 5.74) is 2.20. The Labute approximate surface area is 237 Å². The molecule has 3 rings (SSSR count). The summed E-state index contributed by atoms with van der Waals surface area (Å²) in [6, 6.07) is 19.6. The molecule has 1 N–H and O–H groups in total. The summed E-state index contributed by atoms with van der Waals surface area (Å²) in [4.78, 5) is 28.8. The van der Waals surface area contributed by atoms with E-state index in [0.29, 0.717) is 22.2 Å². The topological polar surface area (TPSA) is 58.6 Å². The highest BCUT2D eigenvalue weighted by Crippen LogP contribution is 2.25. The van der Waals surface area contributed by atoms with Gasteiger partial charge >= 0.3 is 0 Å². The number of ether oxygens (including phenoxy) is 1. The van der Waals surface area contributed by atoms with Gasteiger partial charge in [-0.05, 0) is 74.7 Å². The van der Waals surface area contributed by atoms with Crippen molar-refractivity contribution in [2.75, 3.05) is 6.61 Å². The fraction of sp³-hybridized carbons (Fsp3) is 0.310. The molecule has 0 radical (unpaired) electrons. The molecule has 0 bridgehead atoms. The van der Waals surface area contributed by atoms with Crippen molar-refractivity contribution in [2.45, 2.75) is 52.2 Å². The number of hydrogen-bond donors (Lipinski definition) is 1. The molecule has 5 nitrogen and oxygen atoms in total. The van der Waals surface area contributed by atoms with Crippen molar-refractivity contribution in [3.63, 3.8) is 0 Å². The zero-order valence-electron chi connectivity index (χ0n) is 21.4. The number of rotatable bonds is 9. The van der Waals surface area contributed by atoms with Crippen LogP contribution in [0.3, 0.4) is 0 Å². The lowest BCUT2D eigenvalue weighted by Gasteiger charge is -2.33. The first-order valence-electron chi connectivity index (χ1n) is 11.9. The van der Waals surface area contributed by atoms with Gasteiger partial charge in [-0.15, -0.1) is 0 Å². The molecule has 0 fully saturated rings. The number of aryl methyl sites for hydroxylation is 1. The van der Waals surface area contributed by atoms with E-state index in [1.807, 2.05) is 70.2 Å². The Bertz CT molecular complexity index is 1250. The highest BCUT2D eigenvalue weighted by atomic mass is 79.9. The number of halogens is 3. The van der Waals surface area contributed by atoms with Gasteiger partial charge in [-0.1, -0.05) is 75.5 Å². The maximum absolute atomic E-state index is 13.7. The minimum absolute atomic E-state index is 0.160. The van der Waals surface area contributed by atoms with Crippen LogP contribution in [-0.2, 0) is 22.6 Å². The van der Waals surface area contributed by atoms with E-state index in [9.17, 15) is 9.59 Å². The summed E-state index contributed by atoms with van der Waals surface area (Å²) >= 11 is 15.9. The minimum Gasteiger partial charge on any atom is -0.484 e. The zero-order valence-corrected chi connectivity index (χ0v) is 24.5. The third-order valence-corrected chi connectivity index (χ3v) is 7.23. The molecule has 0 aliphatic carbocycles. The summed E-state index contributed by atoms with van der Waals surface area (Å²) < 4.78 is 6.81. The monoisotopic (exact) mass is 604 g/mol. The van der Waals surface area contributed by atoms with Gasteiger partial charge in [0.05, 0.1) is 10.0 Å². The Morgan fingerprint density at radius 1 is 0.973 bits per heavy atom. The van der Waals surface area contributed by atoms with Crippen molar-refractivity contribution >= 4 is 50.9 Å². The molecule has 37 heavy (non-hydrogen) atoms. The first kappa shape index (κ1) is 29.0. The fourth-order valence-corrected chi connectivity index (χ4v) is 4.34. The molecule has 3 aromatic carbocycles. The Kier molecular flexibility index (Phi) is 10.0. The highest BCUT2D eigenvalue weighted by Gasteiger charge is 2.32. The van der Waals surface area contributed by atoms with Crippen LogP contribution in [0, 0.1) is 6.92 Å². The SMILES string of the molecule is Cc1cc(OCC(=O)N(Cc2ccc(Cl)c(Cl)c2)[C@H](Cc2ccccc2)C(=O)NC(C)(C)C)ccc1Br. The smallest absolute Gasteiger partial charge is 0.261 e. The predicted molar refractivity (Wildman–Crippen MR) is 153 cm³/mol. The van der Waals surface area contributed by atoms with E-state index < -0.39 is 11.6 Å². The van der Waals surface area contributed by atoms with Crippen molar-refractivity contribution in [1.82, 2.24) is 10.2 Å². The van der Waals surface area contributed by atoms with Crippen LogP contribution in [0.5, 0.6) is 5.75 Å². The van der Waals surface area contributed by atoms with E-state index in [1.165, 1.54) is 0 Å². The molecule has 0 spiro atoms. The Morgan fingerprint density at radius 2 is 1.68 bits per heavy atom. The fourth-order valence-electron chi connectivity index (χ4n) is 3.78. The zero-order chi connectivity index (χ0) is 27.2. The van der Waals surface area contributed by atoms with Crippen LogP contribution in [0.25, 0.3) is 0 Å². The van der Waals surface area contributed by atoms with Gasteiger partial charge in [-0.3, -0.25) is 9.59 Å². The third kappa shape index (κ3) is 8.77. The minimum atomic E-state index is -0.779. The number of nitrogens with zero attached hydrogens (tertiary/aromatic N) is 1. The van der Waals surface area contributed by atoms with Crippen molar-refractivity contribution in [1.29, 1.82) is 0 Å². The standard InChI is InChI=1S/C29H31BrCl2N2O3/c1-19-14-22(11-12-23(19)30)37-18-27(35)34(17-21-10-13-24(31)25(32)15-21)26(28(36)33-29(2,3)4)16-20-8-6-5-7-9-20/h5-15,26H,16-18H2,1-4H3,(H,33,36)/t26-/m1/s1. The second-order valence-electron chi connectivity index (χ2n) is 9.91. The summed E-state index contributed by atoms with van der Waals surface area (Å²) in [5, 5.41) is 3.84. The van der Waals surface area contributed by atoms with Gasteiger partial charge in [0.15, 0.2) is 6.61 Å². The lowest BCUT2D eigenvalue weighted by molar-refractivity contribution is -0.143. The molecular weight excluding hydrogens is 575 g/mol. The summed E-state index contributed by atoms with van der Waals surface area (Å²) in [6.45, 7) is 7.61. The summed E-state index contributed by atoms with van der Waals surface area (Å²) in [5.74, 6) is 0.00294. The van der Waals surface area contributed by atoms with Gasteiger partial charge in [0.25, 0.3) is 5.91 Å². The predicted octanol–water partition coefficient (Wildman–Crippen LogP) is 7.00. The van der Waals surface area contributed by atoms with Crippen LogP contribution < -0.4 is 10.1 Å². The maximum atomic E-state index is 13.7. The first-order chi connectivity index (χ1) is 17.4. The molecule has 0 aliphatic rings. The second-order valence-corrected chi connectivity index (χ2v) is 11.6. The molecule has 3 aromatic rings. The molecule has 0 saturated carbocycles. The van der Waals surface area contributed by atoms with Gasteiger partial charge < -0.3 is 15.0 Å². The average Bonchev–Trinajstić information content (AvgIpc) is 2.83. The van der Waals surface area contributed by atoms with Crippen molar-refractivity contribution < 1.29 is 14.3 Å². The van der Waals surface area contributed by atoms with Crippen LogP contribution in [0.1, 0.15) is 37.5 Å². The summed E-state index contributed by atoms with van der Waals surface area (Å²) in [6.07, 6.45) is 0.340. The highest BCUT2D eigenvalue weighted by molar-refractivity contribution is 9.10. The molecule has 1 atom stereocenters. The van der Waals surface area contributed by atoms with E-state index in [1.54, 1.807) is 29.2 Å². The molecular formula is C29H31BrCl2N2O3. The lowest BCUT2D eigenvalue weighted by atomic mass is 10.0. The van der Waals surface area contributed by atoms with E-state index in [-0.39, 0.29) is 25.0 Å². The van der Waals surface area contributed by atoms with Crippen LogP contribution in [-0.4, -0.2) is 34.9 Å². The number of carbonyl (C=O) groups is 2. The van der Waals surface area contributed by atoms with Gasteiger partial charge in [0.2, 0.25) is 5.91 Å². The third-order valence-electron chi connectivity index (χ3n) is 5.60. The van der Waals surface area contributed by atoms with Crippen LogP contribution in [0.15, 0.2) is 71.2 Å². The average molecular weight is 606 g/mol. The quantitative estimate of drug-likeness (QED) is 0.286. The number of carbonyl (C=O) groups excluding carboxylic acids is 2. The van der Waals surface area contributed by atoms with Gasteiger partial charge in [0.1, 0.15) is 11.8 Å². The molecule has 0 aromatic heterocycles. The molecule has 8 heteroatoms. The molecule has 196 valence electrons. The first-order valence-corrected chi connectivity index (χ1v) is 13.5. The number of benzene rings is 3. The van der Waals surface area contributed by atoms with E-state index in [2.05, 4.69) is 21.2 Å². The normalized spacial score (nSPS) is 12.1. The van der Waals surface area contributed by atoms with Gasteiger partial charge in [-0.25, -0.2) is 0 Å². The van der Waals surface area contributed by atoms with E-state index in [4.69, 9.17) is 27.9 Å². The molecule has 0 unspecified atom stereocenters. The van der Waals surface area contributed by atoms with Crippen LogP contribution >= 0.6 is 39.1 Å². The van der Waals surface area contributed by atoms with Crippen molar-refractivity contribution in [3.05, 3.63) is 97.9 Å².